The van der Waals surface area contributed by atoms with E-state index in [1.807, 2.05) is 6.08 Å². The van der Waals surface area contributed by atoms with Crippen molar-refractivity contribution in [1.29, 1.82) is 0 Å². The number of allylic oxidation sites excluding steroid dienone is 1. The lowest BCUT2D eigenvalue weighted by atomic mass is 9.99. The molecular weight excluding hydrogens is 160 g/mol. The van der Waals surface area contributed by atoms with Gasteiger partial charge in [-0.15, -0.1) is 6.58 Å². The molecule has 1 aliphatic rings. The van der Waals surface area contributed by atoms with Crippen LogP contribution in [0.2, 0.25) is 0 Å². The molecule has 1 fully saturated rings. The van der Waals surface area contributed by atoms with Crippen LogP contribution in [0.25, 0.3) is 0 Å². The number of hydrogen-bond acceptors (Lipinski definition) is 2. The Morgan fingerprint density at radius 2 is 2.23 bits per heavy atom. The monoisotopic (exact) mass is 182 g/mol. The second kappa shape index (κ2) is 6.17. The van der Waals surface area contributed by atoms with Gasteiger partial charge in [0.1, 0.15) is 0 Å². The molecule has 1 heterocycles. The van der Waals surface area contributed by atoms with Crippen LogP contribution in [0.1, 0.15) is 19.3 Å². The van der Waals surface area contributed by atoms with E-state index >= 15 is 0 Å². The van der Waals surface area contributed by atoms with Gasteiger partial charge in [0.15, 0.2) is 0 Å². The summed E-state index contributed by atoms with van der Waals surface area (Å²) in [5.41, 5.74) is 0. The number of rotatable bonds is 7. The van der Waals surface area contributed by atoms with Crippen LogP contribution in [-0.2, 0) is 0 Å². The molecule has 0 aromatic heterocycles. The van der Waals surface area contributed by atoms with E-state index in [2.05, 4.69) is 23.8 Å². The fraction of sp³-hybridized carbons (Fsp3) is 0.818. The zero-order chi connectivity index (χ0) is 9.52. The van der Waals surface area contributed by atoms with E-state index in [0.29, 0.717) is 0 Å². The molecule has 0 amide bonds. The van der Waals surface area contributed by atoms with Crippen molar-refractivity contribution in [3.05, 3.63) is 12.7 Å². The maximum atomic E-state index is 3.73. The number of nitrogens with zero attached hydrogens (tertiary/aromatic N) is 1. The molecule has 2 nitrogen and oxygen atoms in total. The zero-order valence-corrected chi connectivity index (χ0v) is 8.76. The van der Waals surface area contributed by atoms with Gasteiger partial charge in [-0.1, -0.05) is 6.08 Å². The number of unbranched alkanes of at least 4 members (excludes halogenated alkanes) is 1. The molecule has 13 heavy (non-hydrogen) atoms. The van der Waals surface area contributed by atoms with Gasteiger partial charge in [0, 0.05) is 0 Å². The average Bonchev–Trinajstić information content (AvgIpc) is 2.02. The summed E-state index contributed by atoms with van der Waals surface area (Å²) in [4.78, 5) is 2.43. The van der Waals surface area contributed by atoms with Crippen molar-refractivity contribution in [3.8, 4) is 0 Å². The molecule has 1 N–H and O–H groups in total. The minimum Gasteiger partial charge on any atom is -0.316 e. The number of hydrogen-bond donors (Lipinski definition) is 1. The summed E-state index contributed by atoms with van der Waals surface area (Å²) in [5, 5.41) is 3.31. The first-order chi connectivity index (χ1) is 6.33. The predicted molar refractivity (Wildman–Crippen MR) is 57.9 cm³/mol. The molecule has 76 valence electrons. The van der Waals surface area contributed by atoms with Crippen LogP contribution in [-0.4, -0.2) is 38.1 Å². The Labute approximate surface area is 82.0 Å². The molecule has 0 spiro atoms. The fourth-order valence-corrected chi connectivity index (χ4v) is 1.57. The Kier molecular flexibility index (Phi) is 5.09. The summed E-state index contributed by atoms with van der Waals surface area (Å²) in [5.74, 6) is 0.946. The van der Waals surface area contributed by atoms with Gasteiger partial charge in [0.25, 0.3) is 0 Å². The summed E-state index contributed by atoms with van der Waals surface area (Å²) >= 11 is 0. The molecule has 2 heteroatoms. The van der Waals surface area contributed by atoms with Crippen molar-refractivity contribution in [3.63, 3.8) is 0 Å². The Bertz CT molecular complexity index is 141. The average molecular weight is 182 g/mol. The van der Waals surface area contributed by atoms with Crippen molar-refractivity contribution >= 4 is 0 Å². The smallest absolute Gasteiger partial charge is 0.000778 e. The third kappa shape index (κ3) is 4.44. The third-order valence-electron chi connectivity index (χ3n) is 2.73. The van der Waals surface area contributed by atoms with Gasteiger partial charge in [-0.3, -0.25) is 0 Å². The minimum absolute atomic E-state index is 0.946. The van der Waals surface area contributed by atoms with Crippen LogP contribution in [0.4, 0.5) is 0 Å². The molecular formula is C11H22N2. The molecule has 0 saturated carbocycles. The predicted octanol–water partition coefficient (Wildman–Crippen LogP) is 1.49. The van der Waals surface area contributed by atoms with Gasteiger partial charge in [0.05, 0.1) is 0 Å². The lowest BCUT2D eigenvalue weighted by Gasteiger charge is -2.28. The summed E-state index contributed by atoms with van der Waals surface area (Å²) in [7, 11) is 2.22. The summed E-state index contributed by atoms with van der Waals surface area (Å²) in [6.45, 7) is 8.67. The normalized spacial score (nSPS) is 17.4. The van der Waals surface area contributed by atoms with E-state index in [-0.39, 0.29) is 0 Å². The highest BCUT2D eigenvalue weighted by molar-refractivity contribution is 4.75. The van der Waals surface area contributed by atoms with E-state index < -0.39 is 0 Å². The van der Waals surface area contributed by atoms with Gasteiger partial charge in [-0.05, 0) is 58.4 Å². The Morgan fingerprint density at radius 1 is 1.46 bits per heavy atom. The molecule has 1 saturated heterocycles. The minimum atomic E-state index is 0.946. The lowest BCUT2D eigenvalue weighted by Crippen LogP contribution is -2.43. The van der Waals surface area contributed by atoms with Crippen molar-refractivity contribution in [2.75, 3.05) is 33.2 Å². The third-order valence-corrected chi connectivity index (χ3v) is 2.73. The first-order valence-corrected chi connectivity index (χ1v) is 5.33. The maximum absolute atomic E-state index is 3.73. The molecule has 0 aromatic carbocycles. The Hall–Kier alpha value is -0.340. The molecule has 0 unspecified atom stereocenters. The van der Waals surface area contributed by atoms with E-state index in [1.165, 1.54) is 39.0 Å². The molecule has 0 radical (unpaired) electrons. The van der Waals surface area contributed by atoms with Gasteiger partial charge < -0.3 is 10.2 Å². The van der Waals surface area contributed by atoms with E-state index in [9.17, 15) is 0 Å². The van der Waals surface area contributed by atoms with Crippen molar-refractivity contribution in [2.45, 2.75) is 19.3 Å². The standard InChI is InChI=1S/C11H22N2/c1-3-4-5-7-13(2)8-6-11-9-12-10-11/h3,11-12H,1,4-10H2,2H3. The van der Waals surface area contributed by atoms with E-state index in [0.717, 1.165) is 12.3 Å². The van der Waals surface area contributed by atoms with E-state index in [4.69, 9.17) is 0 Å². The molecule has 1 rings (SSSR count). The highest BCUT2D eigenvalue weighted by Crippen LogP contribution is 2.08. The molecule has 0 aliphatic carbocycles. The van der Waals surface area contributed by atoms with Crippen LogP contribution < -0.4 is 5.32 Å². The van der Waals surface area contributed by atoms with Gasteiger partial charge in [-0.25, -0.2) is 0 Å². The molecule has 0 bridgehead atoms. The molecule has 0 atom stereocenters. The van der Waals surface area contributed by atoms with Crippen molar-refractivity contribution in [1.82, 2.24) is 10.2 Å². The quantitative estimate of drug-likeness (QED) is 0.474. The summed E-state index contributed by atoms with van der Waals surface area (Å²) in [6, 6.07) is 0. The Morgan fingerprint density at radius 3 is 2.77 bits per heavy atom. The zero-order valence-electron chi connectivity index (χ0n) is 8.76. The van der Waals surface area contributed by atoms with Crippen molar-refractivity contribution < 1.29 is 0 Å². The second-order valence-corrected chi connectivity index (χ2v) is 4.05. The van der Waals surface area contributed by atoms with Crippen LogP contribution in [0.3, 0.4) is 0 Å². The van der Waals surface area contributed by atoms with Crippen LogP contribution >= 0.6 is 0 Å². The summed E-state index contributed by atoms with van der Waals surface area (Å²) in [6.07, 6.45) is 5.76. The first kappa shape index (κ1) is 10.7. The second-order valence-electron chi connectivity index (χ2n) is 4.05. The number of nitrogens with one attached hydrogen (secondary N) is 1. The Balaban J connectivity index is 1.90. The summed E-state index contributed by atoms with van der Waals surface area (Å²) < 4.78 is 0. The fourth-order valence-electron chi connectivity index (χ4n) is 1.57. The SMILES string of the molecule is C=CCCCN(C)CCC1CNC1. The van der Waals surface area contributed by atoms with Crippen LogP contribution in [0.15, 0.2) is 12.7 Å². The largest absolute Gasteiger partial charge is 0.316 e. The topological polar surface area (TPSA) is 15.3 Å². The first-order valence-electron chi connectivity index (χ1n) is 5.33. The maximum Gasteiger partial charge on any atom is -0.000778 e. The van der Waals surface area contributed by atoms with E-state index in [1.54, 1.807) is 0 Å². The highest BCUT2D eigenvalue weighted by Gasteiger charge is 2.16. The molecule has 0 aromatic rings. The van der Waals surface area contributed by atoms with Crippen LogP contribution in [0.5, 0.6) is 0 Å². The van der Waals surface area contributed by atoms with Gasteiger partial charge >= 0.3 is 0 Å². The lowest BCUT2D eigenvalue weighted by molar-refractivity contribution is 0.255. The molecule has 1 aliphatic heterocycles. The van der Waals surface area contributed by atoms with Crippen LogP contribution in [0, 0.1) is 5.92 Å². The highest BCUT2D eigenvalue weighted by atomic mass is 15.1. The van der Waals surface area contributed by atoms with Crippen molar-refractivity contribution in [2.24, 2.45) is 5.92 Å². The van der Waals surface area contributed by atoms with Gasteiger partial charge in [-0.2, -0.15) is 0 Å². The van der Waals surface area contributed by atoms with Gasteiger partial charge in [0.2, 0.25) is 0 Å².